The fraction of sp³-hybridized carbons (Fsp3) is 0.111. The zero-order valence-electron chi connectivity index (χ0n) is 14.2. The number of ether oxygens (including phenoxy) is 1. The quantitative estimate of drug-likeness (QED) is 0.461. The second kappa shape index (κ2) is 8.53. The Morgan fingerprint density at radius 1 is 1.21 bits per heavy atom. The lowest BCUT2D eigenvalue weighted by Crippen LogP contribution is -2.15. The molecular formula is C18H13F2N3O4S. The molecule has 1 heterocycles. The first-order valence-corrected chi connectivity index (χ1v) is 8.84. The zero-order valence-corrected chi connectivity index (χ0v) is 15.0. The van der Waals surface area contributed by atoms with Crippen LogP contribution < -0.4 is 10.1 Å². The second-order valence-electron chi connectivity index (χ2n) is 5.52. The maximum Gasteiger partial charge on any atom is 0.387 e. The Bertz CT molecular complexity index is 1010. The minimum atomic E-state index is -2.97. The maximum absolute atomic E-state index is 12.5. The Morgan fingerprint density at radius 2 is 1.93 bits per heavy atom. The minimum Gasteiger partial charge on any atom is -0.434 e. The van der Waals surface area contributed by atoms with Crippen LogP contribution in [0.2, 0.25) is 0 Å². The summed E-state index contributed by atoms with van der Waals surface area (Å²) in [5.41, 5.74) is 0.855. The lowest BCUT2D eigenvalue weighted by atomic mass is 10.1. The van der Waals surface area contributed by atoms with Gasteiger partial charge in [-0.2, -0.15) is 8.78 Å². The summed E-state index contributed by atoms with van der Waals surface area (Å²) in [4.78, 5) is 26.9. The molecule has 1 N–H and O–H groups in total. The largest absolute Gasteiger partial charge is 0.434 e. The summed E-state index contributed by atoms with van der Waals surface area (Å²) >= 11 is 1.10. The Morgan fingerprint density at radius 3 is 2.68 bits per heavy atom. The topological polar surface area (TPSA) is 94.4 Å². The monoisotopic (exact) mass is 405 g/mol. The standard InChI is InChI=1S/C18H13F2N3O4S/c19-17(20)27-15-8-4-2-6-12(15)13-10-28-18(21-13)22-16(24)9-11-5-1-3-7-14(11)23(25)26/h1-8,10,17H,9H2,(H,21,22,24). The third-order valence-electron chi connectivity index (χ3n) is 3.67. The molecule has 0 aliphatic heterocycles. The van der Waals surface area contributed by atoms with Crippen molar-refractivity contribution in [2.75, 3.05) is 5.32 Å². The summed E-state index contributed by atoms with van der Waals surface area (Å²) in [6, 6.07) is 12.1. The SMILES string of the molecule is O=C(Cc1ccccc1[N+](=O)[O-])Nc1nc(-c2ccccc2OC(F)F)cs1. The Hall–Kier alpha value is -3.40. The molecule has 0 unspecified atom stereocenters. The van der Waals surface area contributed by atoms with Gasteiger partial charge >= 0.3 is 6.61 Å². The molecule has 7 nitrogen and oxygen atoms in total. The fourth-order valence-electron chi connectivity index (χ4n) is 2.51. The van der Waals surface area contributed by atoms with E-state index in [4.69, 9.17) is 0 Å². The highest BCUT2D eigenvalue weighted by molar-refractivity contribution is 7.14. The van der Waals surface area contributed by atoms with Gasteiger partial charge in [0.2, 0.25) is 5.91 Å². The van der Waals surface area contributed by atoms with Crippen molar-refractivity contribution in [1.82, 2.24) is 4.98 Å². The fourth-order valence-corrected chi connectivity index (χ4v) is 3.23. The third kappa shape index (κ3) is 4.65. The number of aromatic nitrogens is 1. The molecule has 0 aliphatic rings. The van der Waals surface area contributed by atoms with Crippen molar-refractivity contribution in [3.05, 3.63) is 69.6 Å². The van der Waals surface area contributed by atoms with Gasteiger partial charge < -0.3 is 10.1 Å². The molecule has 0 bridgehead atoms. The molecule has 10 heteroatoms. The van der Waals surface area contributed by atoms with Crippen LogP contribution >= 0.6 is 11.3 Å². The second-order valence-corrected chi connectivity index (χ2v) is 6.38. The number of hydrogen-bond acceptors (Lipinski definition) is 6. The van der Waals surface area contributed by atoms with E-state index in [1.165, 1.54) is 24.3 Å². The van der Waals surface area contributed by atoms with E-state index in [9.17, 15) is 23.7 Å². The van der Waals surface area contributed by atoms with Crippen molar-refractivity contribution in [2.45, 2.75) is 13.0 Å². The van der Waals surface area contributed by atoms with Crippen molar-refractivity contribution >= 4 is 28.1 Å². The maximum atomic E-state index is 12.5. The zero-order chi connectivity index (χ0) is 20.1. The molecule has 0 atom stereocenters. The Balaban J connectivity index is 1.74. The van der Waals surface area contributed by atoms with Gasteiger partial charge in [-0.05, 0) is 12.1 Å². The van der Waals surface area contributed by atoms with E-state index in [0.717, 1.165) is 11.3 Å². The highest BCUT2D eigenvalue weighted by atomic mass is 32.1. The minimum absolute atomic E-state index is 0.0272. The summed E-state index contributed by atoms with van der Waals surface area (Å²) in [5, 5.41) is 15.4. The van der Waals surface area contributed by atoms with Crippen LogP contribution in [-0.2, 0) is 11.2 Å². The highest BCUT2D eigenvalue weighted by Gasteiger charge is 2.17. The van der Waals surface area contributed by atoms with E-state index in [1.807, 2.05) is 0 Å². The Kier molecular flexibility index (Phi) is 5.90. The molecule has 1 amide bonds. The van der Waals surface area contributed by atoms with Gasteiger partial charge in [0.25, 0.3) is 5.69 Å². The third-order valence-corrected chi connectivity index (χ3v) is 4.43. The lowest BCUT2D eigenvalue weighted by molar-refractivity contribution is -0.385. The average molecular weight is 405 g/mol. The van der Waals surface area contributed by atoms with E-state index < -0.39 is 17.4 Å². The number of benzene rings is 2. The number of anilines is 1. The number of carbonyl (C=O) groups excluding carboxylic acids is 1. The van der Waals surface area contributed by atoms with Gasteiger partial charge in [0.15, 0.2) is 5.13 Å². The molecule has 2 aromatic carbocycles. The summed E-state index contributed by atoms with van der Waals surface area (Å²) < 4.78 is 29.6. The molecule has 0 fully saturated rings. The molecular weight excluding hydrogens is 392 g/mol. The average Bonchev–Trinajstić information content (AvgIpc) is 3.10. The van der Waals surface area contributed by atoms with E-state index >= 15 is 0 Å². The number of amides is 1. The Labute approximate surface area is 161 Å². The lowest BCUT2D eigenvalue weighted by Gasteiger charge is -2.08. The molecule has 1 aromatic heterocycles. The number of halogens is 2. The highest BCUT2D eigenvalue weighted by Crippen LogP contribution is 2.33. The van der Waals surface area contributed by atoms with E-state index in [0.29, 0.717) is 11.3 Å². The van der Waals surface area contributed by atoms with Crippen molar-refractivity contribution in [3.63, 3.8) is 0 Å². The smallest absolute Gasteiger partial charge is 0.387 e. The number of alkyl halides is 2. The molecule has 0 saturated heterocycles. The van der Waals surface area contributed by atoms with Gasteiger partial charge in [0.1, 0.15) is 5.75 Å². The van der Waals surface area contributed by atoms with E-state index in [2.05, 4.69) is 15.0 Å². The molecule has 0 spiro atoms. The summed E-state index contributed by atoms with van der Waals surface area (Å²) in [5.74, 6) is -0.507. The van der Waals surface area contributed by atoms with Crippen LogP contribution in [-0.4, -0.2) is 22.4 Å². The summed E-state index contributed by atoms with van der Waals surface area (Å²) in [6.07, 6.45) is -0.197. The number of carbonyl (C=O) groups is 1. The van der Waals surface area contributed by atoms with Crippen molar-refractivity contribution in [1.29, 1.82) is 0 Å². The van der Waals surface area contributed by atoms with Crippen molar-refractivity contribution < 1.29 is 23.2 Å². The van der Waals surface area contributed by atoms with E-state index in [-0.39, 0.29) is 28.6 Å². The number of nitrogens with one attached hydrogen (secondary N) is 1. The molecule has 3 rings (SSSR count). The number of thiazole rings is 1. The van der Waals surface area contributed by atoms with E-state index in [1.54, 1.807) is 29.6 Å². The van der Waals surface area contributed by atoms with Crippen LogP contribution in [0.4, 0.5) is 19.6 Å². The van der Waals surface area contributed by atoms with Gasteiger partial charge in [0, 0.05) is 22.6 Å². The predicted molar refractivity (Wildman–Crippen MR) is 99.6 cm³/mol. The first-order chi connectivity index (χ1) is 13.4. The number of nitro benzene ring substituents is 1. The first kappa shape index (κ1) is 19.4. The van der Waals surface area contributed by atoms with Crippen LogP contribution in [0, 0.1) is 10.1 Å². The van der Waals surface area contributed by atoms with Crippen LogP contribution in [0.3, 0.4) is 0 Å². The van der Waals surface area contributed by atoms with Crippen LogP contribution in [0.15, 0.2) is 53.9 Å². The van der Waals surface area contributed by atoms with Crippen molar-refractivity contribution in [2.24, 2.45) is 0 Å². The molecule has 28 heavy (non-hydrogen) atoms. The predicted octanol–water partition coefficient (Wildman–Crippen LogP) is 4.50. The number of rotatable bonds is 7. The normalized spacial score (nSPS) is 10.7. The number of nitro groups is 1. The van der Waals surface area contributed by atoms with Gasteiger partial charge in [-0.25, -0.2) is 4.98 Å². The van der Waals surface area contributed by atoms with Gasteiger partial charge in [-0.15, -0.1) is 11.3 Å². The summed E-state index contributed by atoms with van der Waals surface area (Å²) in [6.45, 7) is -2.97. The van der Waals surface area contributed by atoms with Gasteiger partial charge in [-0.3, -0.25) is 14.9 Å². The molecule has 144 valence electrons. The summed E-state index contributed by atoms with van der Waals surface area (Å²) in [7, 11) is 0. The number of hydrogen-bond donors (Lipinski definition) is 1. The molecule has 0 saturated carbocycles. The number of nitrogens with zero attached hydrogens (tertiary/aromatic N) is 2. The van der Waals surface area contributed by atoms with Gasteiger partial charge in [-0.1, -0.05) is 30.3 Å². The van der Waals surface area contributed by atoms with Crippen LogP contribution in [0.1, 0.15) is 5.56 Å². The van der Waals surface area contributed by atoms with Crippen molar-refractivity contribution in [3.8, 4) is 17.0 Å². The molecule has 0 radical (unpaired) electrons. The van der Waals surface area contributed by atoms with Crippen LogP contribution in [0.5, 0.6) is 5.75 Å². The van der Waals surface area contributed by atoms with Gasteiger partial charge in [0.05, 0.1) is 17.0 Å². The first-order valence-electron chi connectivity index (χ1n) is 7.96. The molecule has 3 aromatic rings. The molecule has 0 aliphatic carbocycles. The number of para-hydroxylation sites is 2. The van der Waals surface area contributed by atoms with Crippen LogP contribution in [0.25, 0.3) is 11.3 Å².